The monoisotopic (exact) mass is 342 g/mol. The number of likely N-dealkylation sites (tertiary alicyclic amines) is 1. The lowest BCUT2D eigenvalue weighted by Gasteiger charge is -2.20. The van der Waals surface area contributed by atoms with Gasteiger partial charge in [-0.15, -0.1) is 0 Å². The summed E-state index contributed by atoms with van der Waals surface area (Å²) in [6.45, 7) is 9.86. The average Bonchev–Trinajstić information content (AvgIpc) is 2.76. The van der Waals surface area contributed by atoms with Gasteiger partial charge in [-0.1, -0.05) is 6.92 Å². The van der Waals surface area contributed by atoms with Crippen LogP contribution in [0.2, 0.25) is 0 Å². The van der Waals surface area contributed by atoms with Gasteiger partial charge in [-0.25, -0.2) is 0 Å². The molecule has 1 aromatic heterocycles. The highest BCUT2D eigenvalue weighted by atomic mass is 16.5. The SMILES string of the molecule is COCCn1c(C)c(C)c2cc(C(=O)N3CCC[C@H](C)CC3)ccc21. The summed E-state index contributed by atoms with van der Waals surface area (Å²) in [7, 11) is 1.73. The van der Waals surface area contributed by atoms with E-state index in [0.29, 0.717) is 6.61 Å². The third kappa shape index (κ3) is 3.59. The van der Waals surface area contributed by atoms with Crippen LogP contribution in [0.25, 0.3) is 10.9 Å². The Balaban J connectivity index is 1.90. The van der Waals surface area contributed by atoms with Crippen molar-refractivity contribution in [3.05, 3.63) is 35.0 Å². The molecule has 1 saturated heterocycles. The summed E-state index contributed by atoms with van der Waals surface area (Å²) in [5.41, 5.74) is 4.51. The normalized spacial score (nSPS) is 18.6. The Labute approximate surface area is 150 Å². The van der Waals surface area contributed by atoms with Crippen LogP contribution in [0, 0.1) is 19.8 Å². The van der Waals surface area contributed by atoms with Crippen molar-refractivity contribution in [3.63, 3.8) is 0 Å². The fraction of sp³-hybridized carbons (Fsp3) is 0.571. The van der Waals surface area contributed by atoms with E-state index in [4.69, 9.17) is 4.74 Å². The zero-order valence-corrected chi connectivity index (χ0v) is 16.0. The number of rotatable bonds is 4. The van der Waals surface area contributed by atoms with Gasteiger partial charge in [0, 0.05) is 48.9 Å². The summed E-state index contributed by atoms with van der Waals surface area (Å²) in [6.07, 6.45) is 3.45. The second-order valence-corrected chi connectivity index (χ2v) is 7.42. The molecule has 25 heavy (non-hydrogen) atoms. The highest BCUT2D eigenvalue weighted by Crippen LogP contribution is 2.27. The number of amides is 1. The maximum Gasteiger partial charge on any atom is 0.253 e. The number of hydrogen-bond donors (Lipinski definition) is 0. The Morgan fingerprint density at radius 3 is 2.80 bits per heavy atom. The zero-order valence-electron chi connectivity index (χ0n) is 16.0. The smallest absolute Gasteiger partial charge is 0.253 e. The minimum absolute atomic E-state index is 0.178. The first-order chi connectivity index (χ1) is 12.0. The second-order valence-electron chi connectivity index (χ2n) is 7.42. The van der Waals surface area contributed by atoms with E-state index in [-0.39, 0.29) is 5.91 Å². The van der Waals surface area contributed by atoms with Gasteiger partial charge < -0.3 is 14.2 Å². The van der Waals surface area contributed by atoms with Gasteiger partial charge in [0.1, 0.15) is 0 Å². The first-order valence-corrected chi connectivity index (χ1v) is 9.40. The number of methoxy groups -OCH3 is 1. The number of carbonyl (C=O) groups excluding carboxylic acids is 1. The molecule has 1 fully saturated rings. The minimum Gasteiger partial charge on any atom is -0.383 e. The molecule has 0 N–H and O–H groups in total. The lowest BCUT2D eigenvalue weighted by molar-refractivity contribution is 0.0760. The van der Waals surface area contributed by atoms with Crippen LogP contribution in [0.4, 0.5) is 0 Å². The third-order valence-corrected chi connectivity index (χ3v) is 5.71. The number of ether oxygens (including phenoxy) is 1. The summed E-state index contributed by atoms with van der Waals surface area (Å²) in [5, 5.41) is 1.18. The minimum atomic E-state index is 0.178. The summed E-state index contributed by atoms with van der Waals surface area (Å²) in [6, 6.07) is 6.16. The van der Waals surface area contributed by atoms with Crippen molar-refractivity contribution >= 4 is 16.8 Å². The van der Waals surface area contributed by atoms with Crippen molar-refractivity contribution in [1.82, 2.24) is 9.47 Å². The van der Waals surface area contributed by atoms with E-state index in [0.717, 1.165) is 44.0 Å². The number of fused-ring (bicyclic) bond motifs is 1. The second kappa shape index (κ2) is 7.61. The number of nitrogens with zero attached hydrogens (tertiary/aromatic N) is 2. The number of hydrogen-bond acceptors (Lipinski definition) is 2. The molecule has 0 saturated carbocycles. The molecule has 0 unspecified atom stereocenters. The summed E-state index contributed by atoms with van der Waals surface area (Å²) in [5.74, 6) is 0.901. The van der Waals surface area contributed by atoms with Crippen LogP contribution in [-0.2, 0) is 11.3 Å². The Hall–Kier alpha value is -1.81. The quantitative estimate of drug-likeness (QED) is 0.836. The van der Waals surface area contributed by atoms with Crippen LogP contribution in [-0.4, -0.2) is 42.2 Å². The number of aromatic nitrogens is 1. The molecule has 1 aliphatic rings. The molecule has 0 bridgehead atoms. The van der Waals surface area contributed by atoms with Gasteiger partial charge >= 0.3 is 0 Å². The Morgan fingerprint density at radius 2 is 2.04 bits per heavy atom. The predicted octanol–water partition coefficient (Wildman–Crippen LogP) is 4.17. The van der Waals surface area contributed by atoms with E-state index in [1.807, 2.05) is 11.0 Å². The molecule has 136 valence electrons. The number of benzene rings is 1. The van der Waals surface area contributed by atoms with Crippen molar-refractivity contribution in [2.24, 2.45) is 5.92 Å². The first-order valence-electron chi connectivity index (χ1n) is 9.40. The lowest BCUT2D eigenvalue weighted by atomic mass is 10.0. The molecule has 2 aromatic rings. The van der Waals surface area contributed by atoms with E-state index >= 15 is 0 Å². The molecule has 0 aliphatic carbocycles. The number of carbonyl (C=O) groups is 1. The molecule has 0 spiro atoms. The zero-order chi connectivity index (χ0) is 18.0. The van der Waals surface area contributed by atoms with Crippen LogP contribution in [0.1, 0.15) is 47.8 Å². The van der Waals surface area contributed by atoms with E-state index in [1.165, 1.54) is 28.6 Å². The van der Waals surface area contributed by atoms with Gasteiger partial charge in [0.15, 0.2) is 0 Å². The molecule has 1 amide bonds. The Morgan fingerprint density at radius 1 is 1.24 bits per heavy atom. The Bertz CT molecular complexity index is 763. The topological polar surface area (TPSA) is 34.5 Å². The molecule has 2 heterocycles. The van der Waals surface area contributed by atoms with E-state index in [1.54, 1.807) is 7.11 Å². The maximum atomic E-state index is 13.0. The maximum absolute atomic E-state index is 13.0. The molecular weight excluding hydrogens is 312 g/mol. The lowest BCUT2D eigenvalue weighted by Crippen LogP contribution is -2.31. The molecule has 4 nitrogen and oxygen atoms in total. The first kappa shape index (κ1) is 18.0. The van der Waals surface area contributed by atoms with E-state index in [9.17, 15) is 4.79 Å². The summed E-state index contributed by atoms with van der Waals surface area (Å²) < 4.78 is 7.53. The van der Waals surface area contributed by atoms with Gasteiger partial charge in [0.05, 0.1) is 6.61 Å². The predicted molar refractivity (Wildman–Crippen MR) is 102 cm³/mol. The highest BCUT2D eigenvalue weighted by molar-refractivity contribution is 5.99. The largest absolute Gasteiger partial charge is 0.383 e. The molecule has 4 heteroatoms. The average molecular weight is 342 g/mol. The molecule has 3 rings (SSSR count). The Kier molecular flexibility index (Phi) is 5.48. The van der Waals surface area contributed by atoms with Gasteiger partial charge in [0.25, 0.3) is 5.91 Å². The van der Waals surface area contributed by atoms with E-state index in [2.05, 4.69) is 37.5 Å². The molecule has 1 aromatic carbocycles. The van der Waals surface area contributed by atoms with Crippen LogP contribution in [0.15, 0.2) is 18.2 Å². The van der Waals surface area contributed by atoms with Gasteiger partial charge in [-0.05, 0) is 62.8 Å². The van der Waals surface area contributed by atoms with Crippen molar-refractivity contribution in [1.29, 1.82) is 0 Å². The fourth-order valence-corrected chi connectivity index (χ4v) is 3.90. The molecule has 1 atom stereocenters. The highest BCUT2D eigenvalue weighted by Gasteiger charge is 2.21. The number of aryl methyl sites for hydroxylation is 1. The van der Waals surface area contributed by atoms with Gasteiger partial charge in [0.2, 0.25) is 0 Å². The van der Waals surface area contributed by atoms with Crippen LogP contribution in [0.3, 0.4) is 0 Å². The van der Waals surface area contributed by atoms with Crippen LogP contribution in [0.5, 0.6) is 0 Å². The van der Waals surface area contributed by atoms with Crippen molar-refractivity contribution in [2.45, 2.75) is 46.6 Å². The van der Waals surface area contributed by atoms with Crippen molar-refractivity contribution < 1.29 is 9.53 Å². The van der Waals surface area contributed by atoms with E-state index < -0.39 is 0 Å². The van der Waals surface area contributed by atoms with Crippen molar-refractivity contribution in [2.75, 3.05) is 26.8 Å². The van der Waals surface area contributed by atoms with Crippen LogP contribution < -0.4 is 0 Å². The van der Waals surface area contributed by atoms with Gasteiger partial charge in [-0.2, -0.15) is 0 Å². The molecule has 1 aliphatic heterocycles. The third-order valence-electron chi connectivity index (χ3n) is 5.71. The molecular formula is C21H30N2O2. The summed E-state index contributed by atoms with van der Waals surface area (Å²) in [4.78, 5) is 15.0. The van der Waals surface area contributed by atoms with Crippen LogP contribution >= 0.6 is 0 Å². The molecule has 0 radical (unpaired) electrons. The fourth-order valence-electron chi connectivity index (χ4n) is 3.90. The van der Waals surface area contributed by atoms with Gasteiger partial charge in [-0.3, -0.25) is 4.79 Å². The van der Waals surface area contributed by atoms with Crippen molar-refractivity contribution in [3.8, 4) is 0 Å². The summed E-state index contributed by atoms with van der Waals surface area (Å²) >= 11 is 0. The standard InChI is InChI=1S/C21H30N2O2/c1-15-6-5-10-22(11-9-15)21(24)18-7-8-20-19(14-18)16(2)17(3)23(20)12-13-25-4/h7-8,14-15H,5-6,9-13H2,1-4H3/t15-/m0/s1.